The Labute approximate surface area is 183 Å². The van der Waals surface area contributed by atoms with Gasteiger partial charge in [-0.3, -0.25) is 9.88 Å². The maximum absolute atomic E-state index is 5.67. The molecule has 2 heterocycles. The summed E-state index contributed by atoms with van der Waals surface area (Å²) in [5, 5.41) is 4.14. The van der Waals surface area contributed by atoms with E-state index in [-0.39, 0.29) is 0 Å². The summed E-state index contributed by atoms with van der Waals surface area (Å²) < 4.78 is 16.3. The number of thiocarbonyl (C=S) groups is 1. The second-order valence-electron chi connectivity index (χ2n) is 7.13. The Kier molecular flexibility index (Phi) is 8.10. The molecule has 0 saturated carbocycles. The van der Waals surface area contributed by atoms with Crippen molar-refractivity contribution in [1.29, 1.82) is 0 Å². The summed E-state index contributed by atoms with van der Waals surface area (Å²) in [6, 6.07) is 9.94. The number of rotatable bonds is 7. The van der Waals surface area contributed by atoms with Gasteiger partial charge in [0.15, 0.2) is 16.6 Å². The molecule has 1 aliphatic heterocycles. The molecular weight excluding hydrogens is 400 g/mol. The van der Waals surface area contributed by atoms with E-state index in [0.29, 0.717) is 23.8 Å². The lowest BCUT2D eigenvalue weighted by molar-refractivity contribution is 0.274. The van der Waals surface area contributed by atoms with E-state index in [9.17, 15) is 0 Å². The van der Waals surface area contributed by atoms with Crippen LogP contribution in [0, 0.1) is 0 Å². The molecular formula is C22H30N4O3S. The minimum Gasteiger partial charge on any atom is -0.493 e. The molecule has 1 aromatic carbocycles. The van der Waals surface area contributed by atoms with Gasteiger partial charge in [-0.25, -0.2) is 0 Å². The van der Waals surface area contributed by atoms with Gasteiger partial charge in [0.1, 0.15) is 0 Å². The molecule has 0 atom stereocenters. The van der Waals surface area contributed by atoms with Crippen LogP contribution in [0.2, 0.25) is 0 Å². The van der Waals surface area contributed by atoms with E-state index in [1.165, 1.54) is 0 Å². The zero-order valence-corrected chi connectivity index (χ0v) is 18.7. The van der Waals surface area contributed by atoms with Crippen molar-refractivity contribution in [3.63, 3.8) is 0 Å². The number of pyridine rings is 1. The smallest absolute Gasteiger partial charge is 0.203 e. The highest BCUT2D eigenvalue weighted by Gasteiger charge is 2.18. The summed E-state index contributed by atoms with van der Waals surface area (Å²) in [5.74, 6) is 1.87. The van der Waals surface area contributed by atoms with Crippen molar-refractivity contribution in [2.24, 2.45) is 0 Å². The number of methoxy groups -OCH3 is 3. The molecule has 0 bridgehead atoms. The molecule has 0 radical (unpaired) electrons. The first-order chi connectivity index (χ1) is 14.6. The van der Waals surface area contributed by atoms with Crippen LogP contribution in [-0.4, -0.2) is 67.4 Å². The van der Waals surface area contributed by atoms with E-state index < -0.39 is 0 Å². The van der Waals surface area contributed by atoms with E-state index >= 15 is 0 Å². The van der Waals surface area contributed by atoms with Crippen LogP contribution < -0.4 is 19.5 Å². The predicted molar refractivity (Wildman–Crippen MR) is 121 cm³/mol. The van der Waals surface area contributed by atoms with Crippen LogP contribution in [0.25, 0.3) is 0 Å². The molecule has 7 nitrogen and oxygen atoms in total. The number of nitrogens with zero attached hydrogens (tertiary/aromatic N) is 3. The van der Waals surface area contributed by atoms with Crippen LogP contribution >= 0.6 is 12.2 Å². The molecule has 0 aliphatic carbocycles. The molecule has 1 saturated heterocycles. The van der Waals surface area contributed by atoms with Gasteiger partial charge < -0.3 is 24.4 Å². The Bertz CT molecular complexity index is 809. The van der Waals surface area contributed by atoms with Crippen molar-refractivity contribution >= 4 is 17.3 Å². The minimum atomic E-state index is 0.587. The Morgan fingerprint density at radius 1 is 1.03 bits per heavy atom. The fourth-order valence-electron chi connectivity index (χ4n) is 3.58. The van der Waals surface area contributed by atoms with Crippen molar-refractivity contribution < 1.29 is 14.2 Å². The van der Waals surface area contributed by atoms with Gasteiger partial charge in [-0.15, -0.1) is 0 Å². The first kappa shape index (κ1) is 22.1. The van der Waals surface area contributed by atoms with Crippen molar-refractivity contribution in [3.05, 3.63) is 47.8 Å². The highest BCUT2D eigenvalue weighted by atomic mass is 32.1. The molecule has 162 valence electrons. The second kappa shape index (κ2) is 11.0. The van der Waals surface area contributed by atoms with Crippen molar-refractivity contribution in [2.45, 2.75) is 19.5 Å². The molecule has 1 N–H and O–H groups in total. The fraction of sp³-hybridized carbons (Fsp3) is 0.455. The fourth-order valence-corrected chi connectivity index (χ4v) is 3.83. The van der Waals surface area contributed by atoms with Gasteiger partial charge in [0.05, 0.1) is 27.0 Å². The van der Waals surface area contributed by atoms with Gasteiger partial charge in [-0.05, 0) is 48.5 Å². The minimum absolute atomic E-state index is 0.587. The SMILES string of the molecule is COc1cc(CNC(=S)N2CCCN(Cc3ccccn3)CC2)cc(OC)c1OC. The van der Waals surface area contributed by atoms with Crippen molar-refractivity contribution in [3.8, 4) is 17.2 Å². The highest BCUT2D eigenvalue weighted by Crippen LogP contribution is 2.38. The van der Waals surface area contributed by atoms with E-state index in [0.717, 1.165) is 55.5 Å². The Hall–Kier alpha value is -2.58. The highest BCUT2D eigenvalue weighted by molar-refractivity contribution is 7.80. The summed E-state index contributed by atoms with van der Waals surface area (Å²) in [7, 11) is 4.84. The number of hydrogen-bond donors (Lipinski definition) is 1. The van der Waals surface area contributed by atoms with Crippen LogP contribution in [0.4, 0.5) is 0 Å². The molecule has 8 heteroatoms. The van der Waals surface area contributed by atoms with Gasteiger partial charge >= 0.3 is 0 Å². The summed E-state index contributed by atoms with van der Waals surface area (Å²) in [5.41, 5.74) is 2.12. The largest absolute Gasteiger partial charge is 0.493 e. The van der Waals surface area contributed by atoms with Crippen molar-refractivity contribution in [1.82, 2.24) is 20.1 Å². The predicted octanol–water partition coefficient (Wildman–Crippen LogP) is 2.69. The van der Waals surface area contributed by atoms with Crippen LogP contribution in [0.1, 0.15) is 17.7 Å². The monoisotopic (exact) mass is 430 g/mol. The lowest BCUT2D eigenvalue weighted by Gasteiger charge is -2.25. The lowest BCUT2D eigenvalue weighted by atomic mass is 10.2. The van der Waals surface area contributed by atoms with Gasteiger partial charge in [-0.1, -0.05) is 6.07 Å². The number of nitrogens with one attached hydrogen (secondary N) is 1. The summed E-state index contributed by atoms with van der Waals surface area (Å²) in [4.78, 5) is 9.11. The van der Waals surface area contributed by atoms with E-state index in [1.807, 2.05) is 30.5 Å². The first-order valence-corrected chi connectivity index (χ1v) is 10.5. The summed E-state index contributed by atoms with van der Waals surface area (Å²) in [6.45, 7) is 5.31. The average Bonchev–Trinajstić information content (AvgIpc) is 3.03. The normalized spacial score (nSPS) is 14.7. The zero-order chi connectivity index (χ0) is 21.3. The molecule has 1 aliphatic rings. The third-order valence-corrected chi connectivity index (χ3v) is 5.56. The van der Waals surface area contributed by atoms with E-state index in [4.69, 9.17) is 26.4 Å². The van der Waals surface area contributed by atoms with Crippen molar-refractivity contribution in [2.75, 3.05) is 47.5 Å². The molecule has 0 unspecified atom stereocenters. The Morgan fingerprint density at radius 3 is 2.43 bits per heavy atom. The van der Waals surface area contributed by atoms with E-state index in [2.05, 4.69) is 26.2 Å². The number of hydrogen-bond acceptors (Lipinski definition) is 6. The van der Waals surface area contributed by atoms with E-state index in [1.54, 1.807) is 21.3 Å². The van der Waals surface area contributed by atoms with Gasteiger partial charge in [0.2, 0.25) is 5.75 Å². The second-order valence-corrected chi connectivity index (χ2v) is 7.52. The average molecular weight is 431 g/mol. The number of benzene rings is 1. The molecule has 30 heavy (non-hydrogen) atoms. The molecule has 3 rings (SSSR count). The maximum atomic E-state index is 5.67. The van der Waals surface area contributed by atoms with Gasteiger partial charge in [0.25, 0.3) is 0 Å². The molecule has 0 spiro atoms. The lowest BCUT2D eigenvalue weighted by Crippen LogP contribution is -2.41. The third kappa shape index (κ3) is 5.73. The van der Waals surface area contributed by atoms with Crippen LogP contribution in [0.3, 0.4) is 0 Å². The maximum Gasteiger partial charge on any atom is 0.203 e. The quantitative estimate of drug-likeness (QED) is 0.673. The topological polar surface area (TPSA) is 59.1 Å². The van der Waals surface area contributed by atoms with Gasteiger partial charge in [0, 0.05) is 45.5 Å². The molecule has 0 amide bonds. The van der Waals surface area contributed by atoms with Crippen LogP contribution in [-0.2, 0) is 13.1 Å². The van der Waals surface area contributed by atoms with Crippen LogP contribution in [0.5, 0.6) is 17.2 Å². The standard InChI is InChI=1S/C22H30N4O3S/c1-27-19-13-17(14-20(28-2)21(19)29-3)15-24-22(30)26-10-6-9-25(11-12-26)16-18-7-4-5-8-23-18/h4-5,7-8,13-14H,6,9-12,15-16H2,1-3H3,(H,24,30). The molecule has 1 fully saturated rings. The molecule has 2 aromatic rings. The Balaban J connectivity index is 1.55. The first-order valence-electron chi connectivity index (χ1n) is 10.1. The summed E-state index contributed by atoms with van der Waals surface area (Å²) in [6.07, 6.45) is 2.92. The third-order valence-electron chi connectivity index (χ3n) is 5.16. The molecule has 1 aromatic heterocycles. The number of ether oxygens (including phenoxy) is 3. The summed E-state index contributed by atoms with van der Waals surface area (Å²) >= 11 is 5.67. The zero-order valence-electron chi connectivity index (χ0n) is 17.9. The van der Waals surface area contributed by atoms with Crippen LogP contribution in [0.15, 0.2) is 36.5 Å². The van der Waals surface area contributed by atoms with Gasteiger partial charge in [-0.2, -0.15) is 0 Å². The Morgan fingerprint density at radius 2 is 1.80 bits per heavy atom. The number of aromatic nitrogens is 1.